The van der Waals surface area contributed by atoms with Gasteiger partial charge in [0.25, 0.3) is 0 Å². The van der Waals surface area contributed by atoms with Crippen LogP contribution in [-0.2, 0) is 0 Å². The number of unbranched alkanes of at least 4 members (excludes halogenated alkanes) is 14. The molecule has 0 aromatic heterocycles. The first-order valence-corrected chi connectivity index (χ1v) is 11.9. The Morgan fingerprint density at radius 1 is 0.630 bits per heavy atom. The van der Waals surface area contributed by atoms with Gasteiger partial charge in [-0.1, -0.05) is 121 Å². The van der Waals surface area contributed by atoms with Crippen LogP contribution >= 0.6 is 0 Å². The van der Waals surface area contributed by atoms with Crippen LogP contribution in [0.4, 0.5) is 0 Å². The predicted octanol–water partition coefficient (Wildman–Crippen LogP) is 8.60. The third kappa shape index (κ3) is 11.6. The zero-order valence-electron chi connectivity index (χ0n) is 18.6. The van der Waals surface area contributed by atoms with Crippen LogP contribution in [0.15, 0.2) is 18.2 Å². The van der Waals surface area contributed by atoms with E-state index in [0.29, 0.717) is 0 Å². The number of benzene rings is 1. The van der Waals surface area contributed by atoms with Crippen molar-refractivity contribution in [3.8, 4) is 0 Å². The summed E-state index contributed by atoms with van der Waals surface area (Å²) in [6.45, 7) is 6.51. The maximum atomic E-state index is 10.5. The maximum Gasteiger partial charge on any atom is 0.0795 e. The molecule has 0 bridgehead atoms. The largest absolute Gasteiger partial charge is 0.388 e. The first kappa shape index (κ1) is 24.2. The standard InChI is InChI=1S/C26H46O/c1-4-5-6-7-8-9-10-11-12-13-14-15-16-17-18-22-25(27)26-23(2)20-19-21-24(26)3/h19-21,25,27H,4-18,22H2,1-3H3. The van der Waals surface area contributed by atoms with E-state index in [2.05, 4.69) is 39.0 Å². The van der Waals surface area contributed by atoms with Crippen molar-refractivity contribution in [3.05, 3.63) is 34.9 Å². The van der Waals surface area contributed by atoms with E-state index in [0.717, 1.165) is 18.4 Å². The summed E-state index contributed by atoms with van der Waals surface area (Å²) in [7, 11) is 0. The van der Waals surface area contributed by atoms with Crippen LogP contribution in [0.2, 0.25) is 0 Å². The summed E-state index contributed by atoms with van der Waals surface area (Å²) >= 11 is 0. The van der Waals surface area contributed by atoms with Crippen LogP contribution in [-0.4, -0.2) is 5.11 Å². The molecule has 1 heteroatoms. The van der Waals surface area contributed by atoms with Crippen molar-refractivity contribution in [3.63, 3.8) is 0 Å². The number of aliphatic hydroxyl groups excluding tert-OH is 1. The van der Waals surface area contributed by atoms with Gasteiger partial charge in [0.15, 0.2) is 0 Å². The van der Waals surface area contributed by atoms with E-state index in [1.165, 1.54) is 101 Å². The van der Waals surface area contributed by atoms with E-state index >= 15 is 0 Å². The molecule has 0 fully saturated rings. The van der Waals surface area contributed by atoms with Gasteiger partial charge in [-0.2, -0.15) is 0 Å². The molecule has 0 amide bonds. The SMILES string of the molecule is CCCCCCCCCCCCCCCCCC(O)c1c(C)cccc1C. The number of hydrogen-bond acceptors (Lipinski definition) is 1. The molecule has 156 valence electrons. The molecular formula is C26H46O. The Morgan fingerprint density at radius 2 is 1.00 bits per heavy atom. The third-order valence-corrected chi connectivity index (χ3v) is 5.96. The van der Waals surface area contributed by atoms with Crippen molar-refractivity contribution < 1.29 is 5.11 Å². The summed E-state index contributed by atoms with van der Waals surface area (Å²) < 4.78 is 0. The summed E-state index contributed by atoms with van der Waals surface area (Å²) in [5.74, 6) is 0. The van der Waals surface area contributed by atoms with Crippen molar-refractivity contribution in [2.24, 2.45) is 0 Å². The highest BCUT2D eigenvalue weighted by atomic mass is 16.3. The fourth-order valence-corrected chi connectivity index (χ4v) is 4.21. The molecule has 0 radical (unpaired) electrons. The minimum absolute atomic E-state index is 0.284. The Balaban J connectivity index is 1.89. The Morgan fingerprint density at radius 3 is 1.41 bits per heavy atom. The topological polar surface area (TPSA) is 20.2 Å². The molecular weight excluding hydrogens is 328 g/mol. The highest BCUT2D eigenvalue weighted by Crippen LogP contribution is 2.26. The van der Waals surface area contributed by atoms with E-state index in [-0.39, 0.29) is 6.10 Å². The van der Waals surface area contributed by atoms with Crippen LogP contribution in [0.3, 0.4) is 0 Å². The molecule has 0 saturated carbocycles. The Labute approximate surface area is 170 Å². The number of rotatable bonds is 17. The summed E-state index contributed by atoms with van der Waals surface area (Å²) in [4.78, 5) is 0. The Bertz CT molecular complexity index is 445. The van der Waals surface area contributed by atoms with Gasteiger partial charge in [-0.3, -0.25) is 0 Å². The van der Waals surface area contributed by atoms with Gasteiger partial charge in [0.2, 0.25) is 0 Å². The summed E-state index contributed by atoms with van der Waals surface area (Å²) in [5.41, 5.74) is 3.61. The molecule has 0 heterocycles. The second-order valence-corrected chi connectivity index (χ2v) is 8.56. The van der Waals surface area contributed by atoms with Gasteiger partial charge in [0.1, 0.15) is 0 Å². The fourth-order valence-electron chi connectivity index (χ4n) is 4.21. The summed E-state index contributed by atoms with van der Waals surface area (Å²) in [6.07, 6.45) is 21.4. The van der Waals surface area contributed by atoms with Gasteiger partial charge >= 0.3 is 0 Å². The second kappa shape index (κ2) is 16.2. The smallest absolute Gasteiger partial charge is 0.0795 e. The molecule has 0 aliphatic carbocycles. The van der Waals surface area contributed by atoms with Crippen LogP contribution in [0.25, 0.3) is 0 Å². The minimum atomic E-state index is -0.284. The van der Waals surface area contributed by atoms with Gasteiger partial charge < -0.3 is 5.11 Å². The first-order chi connectivity index (χ1) is 13.2. The van der Waals surface area contributed by atoms with E-state index in [1.807, 2.05) is 0 Å². The first-order valence-electron chi connectivity index (χ1n) is 11.9. The monoisotopic (exact) mass is 374 g/mol. The summed E-state index contributed by atoms with van der Waals surface area (Å²) in [5, 5.41) is 10.5. The van der Waals surface area contributed by atoms with Gasteiger partial charge in [-0.25, -0.2) is 0 Å². The van der Waals surface area contributed by atoms with Gasteiger partial charge in [0.05, 0.1) is 6.10 Å². The normalized spacial score (nSPS) is 12.4. The number of aliphatic hydroxyl groups is 1. The van der Waals surface area contributed by atoms with Crippen LogP contribution in [0, 0.1) is 13.8 Å². The lowest BCUT2D eigenvalue weighted by Gasteiger charge is -2.16. The van der Waals surface area contributed by atoms with Crippen molar-refractivity contribution in [2.45, 2.75) is 130 Å². The van der Waals surface area contributed by atoms with E-state index in [9.17, 15) is 5.11 Å². The lowest BCUT2D eigenvalue weighted by molar-refractivity contribution is 0.162. The van der Waals surface area contributed by atoms with Crippen LogP contribution in [0.1, 0.15) is 132 Å². The Hall–Kier alpha value is -0.820. The molecule has 1 unspecified atom stereocenters. The van der Waals surface area contributed by atoms with Gasteiger partial charge in [-0.15, -0.1) is 0 Å². The van der Waals surface area contributed by atoms with E-state index in [1.54, 1.807) is 0 Å². The molecule has 1 aromatic rings. The third-order valence-electron chi connectivity index (χ3n) is 5.96. The van der Waals surface area contributed by atoms with E-state index in [4.69, 9.17) is 0 Å². The van der Waals surface area contributed by atoms with Crippen molar-refractivity contribution in [1.82, 2.24) is 0 Å². The molecule has 0 saturated heterocycles. The minimum Gasteiger partial charge on any atom is -0.388 e. The molecule has 0 aliphatic rings. The molecule has 1 atom stereocenters. The summed E-state index contributed by atoms with van der Waals surface area (Å²) in [6, 6.07) is 6.30. The Kier molecular flexibility index (Phi) is 14.5. The molecule has 1 N–H and O–H groups in total. The molecule has 1 aromatic carbocycles. The fraction of sp³-hybridized carbons (Fsp3) is 0.769. The highest BCUT2D eigenvalue weighted by molar-refractivity contribution is 5.35. The lowest BCUT2D eigenvalue weighted by atomic mass is 9.94. The molecule has 1 nitrogen and oxygen atoms in total. The van der Waals surface area contributed by atoms with Crippen molar-refractivity contribution in [1.29, 1.82) is 0 Å². The van der Waals surface area contributed by atoms with Gasteiger partial charge in [0, 0.05) is 0 Å². The van der Waals surface area contributed by atoms with Gasteiger partial charge in [-0.05, 0) is 37.0 Å². The molecule has 0 spiro atoms. The molecule has 27 heavy (non-hydrogen) atoms. The van der Waals surface area contributed by atoms with Crippen molar-refractivity contribution in [2.75, 3.05) is 0 Å². The molecule has 0 aliphatic heterocycles. The number of hydrogen-bond donors (Lipinski definition) is 1. The zero-order chi connectivity index (χ0) is 19.7. The van der Waals surface area contributed by atoms with Crippen LogP contribution < -0.4 is 0 Å². The van der Waals surface area contributed by atoms with Crippen LogP contribution in [0.5, 0.6) is 0 Å². The molecule has 1 rings (SSSR count). The average Bonchev–Trinajstić information content (AvgIpc) is 2.64. The van der Waals surface area contributed by atoms with E-state index < -0.39 is 0 Å². The quantitative estimate of drug-likeness (QED) is 0.271. The average molecular weight is 375 g/mol. The lowest BCUT2D eigenvalue weighted by Crippen LogP contribution is -2.02. The zero-order valence-corrected chi connectivity index (χ0v) is 18.6. The van der Waals surface area contributed by atoms with Crippen molar-refractivity contribution >= 4 is 0 Å². The second-order valence-electron chi connectivity index (χ2n) is 8.56. The maximum absolute atomic E-state index is 10.5. The predicted molar refractivity (Wildman–Crippen MR) is 120 cm³/mol. The number of aryl methyl sites for hydroxylation is 2. The highest BCUT2D eigenvalue weighted by Gasteiger charge is 2.12.